The lowest BCUT2D eigenvalue weighted by molar-refractivity contribution is 0.187. The molecule has 3 aromatic rings. The normalized spacial score (nSPS) is 14.5. The number of likely N-dealkylation sites (tertiary alicyclic amines) is 1. The van der Waals surface area contributed by atoms with Gasteiger partial charge < -0.3 is 19.5 Å². The number of carbonyl (C=O) groups is 1. The maximum atomic E-state index is 12.7. The fraction of sp³-hybridized carbons (Fsp3) is 0.318. The molecule has 0 unspecified atom stereocenters. The number of hydrogen-bond donors (Lipinski definition) is 1. The first-order valence-electron chi connectivity index (χ1n) is 10.0. The second-order valence-electron chi connectivity index (χ2n) is 7.08. The fourth-order valence-electron chi connectivity index (χ4n) is 3.49. The van der Waals surface area contributed by atoms with Gasteiger partial charge in [-0.25, -0.2) is 4.79 Å². The molecular formula is C22H23ClN4O3. The van der Waals surface area contributed by atoms with Crippen LogP contribution in [0.5, 0.6) is 5.75 Å². The third-order valence-corrected chi connectivity index (χ3v) is 5.36. The summed E-state index contributed by atoms with van der Waals surface area (Å²) in [4.78, 5) is 19.0. The van der Waals surface area contributed by atoms with E-state index in [1.54, 1.807) is 17.0 Å². The van der Waals surface area contributed by atoms with Crippen LogP contribution >= 0.6 is 11.6 Å². The van der Waals surface area contributed by atoms with Gasteiger partial charge in [0.2, 0.25) is 11.7 Å². The number of para-hydroxylation sites is 2. The van der Waals surface area contributed by atoms with E-state index in [9.17, 15) is 4.79 Å². The number of urea groups is 1. The molecule has 1 fully saturated rings. The van der Waals surface area contributed by atoms with E-state index in [1.807, 2.05) is 43.3 Å². The Morgan fingerprint density at radius 2 is 1.93 bits per heavy atom. The highest BCUT2D eigenvalue weighted by molar-refractivity contribution is 6.30. The average Bonchev–Trinajstić information content (AvgIpc) is 3.26. The number of aromatic nitrogens is 2. The Morgan fingerprint density at radius 1 is 1.20 bits per heavy atom. The highest BCUT2D eigenvalue weighted by Gasteiger charge is 2.28. The van der Waals surface area contributed by atoms with Gasteiger partial charge in [0.1, 0.15) is 5.75 Å². The Morgan fingerprint density at radius 3 is 2.67 bits per heavy atom. The van der Waals surface area contributed by atoms with E-state index < -0.39 is 0 Å². The van der Waals surface area contributed by atoms with Crippen LogP contribution in [0.3, 0.4) is 0 Å². The summed E-state index contributed by atoms with van der Waals surface area (Å²) in [6.07, 6.45) is 1.53. The van der Waals surface area contributed by atoms with Crippen LogP contribution in [0.15, 0.2) is 53.1 Å². The molecule has 2 heterocycles. The highest BCUT2D eigenvalue weighted by atomic mass is 35.5. The Bertz CT molecular complexity index is 998. The topological polar surface area (TPSA) is 80.5 Å². The SMILES string of the molecule is CCOc1ccccc1NC(=O)N1CCC(c2nc(-c3ccc(Cl)cc3)no2)CC1. The summed E-state index contributed by atoms with van der Waals surface area (Å²) in [6.45, 7) is 3.69. The monoisotopic (exact) mass is 426 g/mol. The third kappa shape index (κ3) is 4.57. The molecule has 0 atom stereocenters. The molecule has 2 aromatic carbocycles. The molecule has 0 bridgehead atoms. The summed E-state index contributed by atoms with van der Waals surface area (Å²) in [5.74, 6) is 1.97. The Hall–Kier alpha value is -3.06. The number of benzene rings is 2. The molecule has 0 radical (unpaired) electrons. The summed E-state index contributed by atoms with van der Waals surface area (Å²) in [5, 5.41) is 7.71. The van der Waals surface area contributed by atoms with Crippen LogP contribution in [0.2, 0.25) is 5.02 Å². The first kappa shape index (κ1) is 20.2. The third-order valence-electron chi connectivity index (χ3n) is 5.10. The van der Waals surface area contributed by atoms with Crippen molar-refractivity contribution in [1.29, 1.82) is 0 Å². The van der Waals surface area contributed by atoms with Crippen LogP contribution in [0.1, 0.15) is 31.6 Å². The predicted molar refractivity (Wildman–Crippen MR) is 115 cm³/mol. The summed E-state index contributed by atoms with van der Waals surface area (Å²) in [6, 6.07) is 14.6. The van der Waals surface area contributed by atoms with Crippen LogP contribution < -0.4 is 10.1 Å². The smallest absolute Gasteiger partial charge is 0.321 e. The maximum absolute atomic E-state index is 12.7. The van der Waals surface area contributed by atoms with E-state index >= 15 is 0 Å². The quantitative estimate of drug-likeness (QED) is 0.606. The first-order valence-corrected chi connectivity index (χ1v) is 10.4. The van der Waals surface area contributed by atoms with Crippen LogP contribution in [-0.4, -0.2) is 40.8 Å². The molecule has 4 rings (SSSR count). The Balaban J connectivity index is 1.35. The number of halogens is 1. The van der Waals surface area contributed by atoms with Gasteiger partial charge in [-0.15, -0.1) is 0 Å². The lowest BCUT2D eigenvalue weighted by atomic mass is 9.97. The van der Waals surface area contributed by atoms with Crippen molar-refractivity contribution in [3.8, 4) is 17.1 Å². The molecule has 2 amide bonds. The van der Waals surface area contributed by atoms with Crippen LogP contribution in [-0.2, 0) is 0 Å². The van der Waals surface area contributed by atoms with Crippen molar-refractivity contribution in [3.05, 3.63) is 59.4 Å². The minimum atomic E-state index is -0.131. The maximum Gasteiger partial charge on any atom is 0.321 e. The highest BCUT2D eigenvalue weighted by Crippen LogP contribution is 2.30. The van der Waals surface area contributed by atoms with Crippen LogP contribution in [0, 0.1) is 0 Å². The van der Waals surface area contributed by atoms with Gasteiger partial charge in [0.25, 0.3) is 0 Å². The molecule has 156 valence electrons. The average molecular weight is 427 g/mol. The van der Waals surface area contributed by atoms with E-state index in [0.717, 1.165) is 18.4 Å². The lowest BCUT2D eigenvalue weighted by Gasteiger charge is -2.30. The minimum Gasteiger partial charge on any atom is -0.492 e. The van der Waals surface area contributed by atoms with Crippen molar-refractivity contribution >= 4 is 23.3 Å². The predicted octanol–water partition coefficient (Wildman–Crippen LogP) is 5.20. The molecule has 0 saturated carbocycles. The van der Waals surface area contributed by atoms with Crippen LogP contribution in [0.4, 0.5) is 10.5 Å². The van der Waals surface area contributed by atoms with E-state index in [-0.39, 0.29) is 11.9 Å². The number of hydrogen-bond acceptors (Lipinski definition) is 5. The van der Waals surface area contributed by atoms with E-state index in [0.29, 0.717) is 47.9 Å². The number of piperidine rings is 1. The number of nitrogens with zero attached hydrogens (tertiary/aromatic N) is 3. The zero-order valence-corrected chi connectivity index (χ0v) is 17.4. The van der Waals surface area contributed by atoms with Crippen molar-refractivity contribution in [2.45, 2.75) is 25.7 Å². The molecule has 7 nitrogen and oxygen atoms in total. The van der Waals surface area contributed by atoms with E-state index in [4.69, 9.17) is 20.9 Å². The number of carbonyl (C=O) groups excluding carboxylic acids is 1. The van der Waals surface area contributed by atoms with Crippen molar-refractivity contribution in [2.75, 3.05) is 25.0 Å². The molecule has 1 aliphatic heterocycles. The molecule has 1 aromatic heterocycles. The second-order valence-corrected chi connectivity index (χ2v) is 7.52. The molecule has 30 heavy (non-hydrogen) atoms. The summed E-state index contributed by atoms with van der Waals surface area (Å²) < 4.78 is 11.1. The summed E-state index contributed by atoms with van der Waals surface area (Å²) in [7, 11) is 0. The Kier molecular flexibility index (Phi) is 6.18. The van der Waals surface area contributed by atoms with Crippen molar-refractivity contribution in [1.82, 2.24) is 15.0 Å². The largest absolute Gasteiger partial charge is 0.492 e. The molecule has 1 aliphatic rings. The van der Waals surface area contributed by atoms with Crippen molar-refractivity contribution < 1.29 is 14.1 Å². The standard InChI is InChI=1S/C22H23ClN4O3/c1-2-29-19-6-4-3-5-18(19)24-22(28)27-13-11-16(12-14-27)21-25-20(26-30-21)15-7-9-17(23)10-8-15/h3-10,16H,2,11-14H2,1H3,(H,24,28). The molecule has 8 heteroatoms. The number of rotatable bonds is 5. The fourth-order valence-corrected chi connectivity index (χ4v) is 3.62. The number of amides is 2. The van der Waals surface area contributed by atoms with Gasteiger partial charge in [0.05, 0.1) is 12.3 Å². The number of ether oxygens (including phenoxy) is 1. The number of anilines is 1. The molecule has 1 N–H and O–H groups in total. The molecule has 0 spiro atoms. The van der Waals surface area contributed by atoms with Crippen LogP contribution in [0.25, 0.3) is 11.4 Å². The first-order chi connectivity index (χ1) is 14.6. The summed E-state index contributed by atoms with van der Waals surface area (Å²) in [5.41, 5.74) is 1.54. The van der Waals surface area contributed by atoms with E-state index in [2.05, 4.69) is 15.5 Å². The van der Waals surface area contributed by atoms with Gasteiger partial charge in [0.15, 0.2) is 0 Å². The van der Waals surface area contributed by atoms with Crippen molar-refractivity contribution in [2.24, 2.45) is 0 Å². The summed E-state index contributed by atoms with van der Waals surface area (Å²) >= 11 is 5.93. The molecule has 1 saturated heterocycles. The van der Waals surface area contributed by atoms with Crippen molar-refractivity contribution in [3.63, 3.8) is 0 Å². The van der Waals surface area contributed by atoms with Gasteiger partial charge in [-0.1, -0.05) is 28.9 Å². The lowest BCUT2D eigenvalue weighted by Crippen LogP contribution is -2.40. The minimum absolute atomic E-state index is 0.131. The molecule has 0 aliphatic carbocycles. The van der Waals surface area contributed by atoms with Gasteiger partial charge in [-0.2, -0.15) is 4.98 Å². The second kappa shape index (κ2) is 9.17. The number of nitrogens with one attached hydrogen (secondary N) is 1. The zero-order valence-electron chi connectivity index (χ0n) is 16.7. The van der Waals surface area contributed by atoms with Gasteiger partial charge in [0, 0.05) is 29.6 Å². The Labute approximate surface area is 180 Å². The molecular weight excluding hydrogens is 404 g/mol. The van der Waals surface area contributed by atoms with Gasteiger partial charge in [-0.3, -0.25) is 0 Å². The zero-order chi connectivity index (χ0) is 20.9. The van der Waals surface area contributed by atoms with Gasteiger partial charge in [-0.05, 0) is 56.2 Å². The van der Waals surface area contributed by atoms with E-state index in [1.165, 1.54) is 0 Å². The van der Waals surface area contributed by atoms with Gasteiger partial charge >= 0.3 is 6.03 Å².